The number of halogens is 1. The van der Waals surface area contributed by atoms with Crippen LogP contribution in [0.1, 0.15) is 11.8 Å². The normalized spacial score (nSPS) is 12.4. The number of aromatic nitrogens is 2. The van der Waals surface area contributed by atoms with Gasteiger partial charge in [0.15, 0.2) is 6.23 Å². The Morgan fingerprint density at radius 2 is 2.00 bits per heavy atom. The molecule has 0 aliphatic rings. The monoisotopic (exact) mass is 489 g/mol. The topological polar surface area (TPSA) is 137 Å². The molecule has 0 bridgehead atoms. The van der Waals surface area contributed by atoms with Crippen LogP contribution in [0.15, 0.2) is 72.0 Å². The van der Waals surface area contributed by atoms with Gasteiger partial charge in [0.05, 0.1) is 18.4 Å². The molecule has 3 aromatic rings. The number of carbonyl (C=O) groups is 2. The van der Waals surface area contributed by atoms with E-state index in [2.05, 4.69) is 10.3 Å². The summed E-state index contributed by atoms with van der Waals surface area (Å²) in [6, 6.07) is 8.12. The van der Waals surface area contributed by atoms with Crippen molar-refractivity contribution in [2.45, 2.75) is 11.1 Å². The number of carbonyl (C=O) groups excluding carboxylic acids is 1. The number of ether oxygens (including phenoxy) is 2. The second-order valence-electron chi connectivity index (χ2n) is 6.74. The van der Waals surface area contributed by atoms with Crippen LogP contribution in [-0.2, 0) is 24.3 Å². The van der Waals surface area contributed by atoms with Crippen LogP contribution >= 0.6 is 0 Å². The molecule has 2 heterocycles. The van der Waals surface area contributed by atoms with Gasteiger partial charge in [0.2, 0.25) is 0 Å². The maximum atomic E-state index is 14.9. The number of aliphatic carboxylic acids is 1. The molecule has 0 fully saturated rings. The summed E-state index contributed by atoms with van der Waals surface area (Å²) in [5, 5.41) is 11.4. The maximum absolute atomic E-state index is 14.9. The molecule has 1 unspecified atom stereocenters. The highest BCUT2D eigenvalue weighted by molar-refractivity contribution is 7.90. The van der Waals surface area contributed by atoms with E-state index in [-0.39, 0.29) is 27.5 Å². The van der Waals surface area contributed by atoms with E-state index in [1.54, 1.807) is 0 Å². The molecule has 10 nitrogen and oxygen atoms in total. The highest BCUT2D eigenvalue weighted by atomic mass is 32.2. The molecule has 0 aliphatic carbocycles. The van der Waals surface area contributed by atoms with Gasteiger partial charge in [0.1, 0.15) is 16.5 Å². The summed E-state index contributed by atoms with van der Waals surface area (Å²) in [6.45, 7) is 0. The van der Waals surface area contributed by atoms with E-state index in [1.807, 2.05) is 0 Å². The average molecular weight is 489 g/mol. The fourth-order valence-electron chi connectivity index (χ4n) is 3.11. The lowest BCUT2D eigenvalue weighted by Gasteiger charge is -2.14. The second kappa shape index (κ2) is 10.3. The molecule has 0 radical (unpaired) electrons. The van der Waals surface area contributed by atoms with Crippen molar-refractivity contribution < 1.29 is 37.0 Å². The van der Waals surface area contributed by atoms with Gasteiger partial charge >= 0.3 is 11.9 Å². The summed E-state index contributed by atoms with van der Waals surface area (Å²) < 4.78 is 53.0. The Kier molecular flexibility index (Phi) is 7.44. The number of benzene rings is 1. The molecule has 0 spiro atoms. The number of hydrogen-bond donors (Lipinski definition) is 2. The number of hydrogen-bond acceptors (Lipinski definition) is 8. The first-order valence-corrected chi connectivity index (χ1v) is 11.1. The first kappa shape index (κ1) is 24.6. The lowest BCUT2D eigenvalue weighted by molar-refractivity contribution is -0.145. The first-order chi connectivity index (χ1) is 16.2. The van der Waals surface area contributed by atoms with Crippen LogP contribution in [0, 0.1) is 5.82 Å². The molecule has 2 aromatic heterocycles. The molecule has 1 atom stereocenters. The van der Waals surface area contributed by atoms with Gasteiger partial charge in [-0.3, -0.25) is 10.3 Å². The van der Waals surface area contributed by atoms with Gasteiger partial charge in [-0.1, -0.05) is 6.07 Å². The molecular formula is C22H20FN3O7S. The number of pyridine rings is 1. The van der Waals surface area contributed by atoms with E-state index in [0.29, 0.717) is 12.2 Å². The minimum atomic E-state index is -4.26. The van der Waals surface area contributed by atoms with E-state index >= 15 is 0 Å². The minimum absolute atomic E-state index is 0.0784. The lowest BCUT2D eigenvalue weighted by Crippen LogP contribution is -2.22. The Bertz CT molecular complexity index is 1340. The van der Waals surface area contributed by atoms with Crippen LogP contribution < -0.4 is 10.1 Å². The van der Waals surface area contributed by atoms with Gasteiger partial charge in [-0.15, -0.1) is 0 Å². The van der Waals surface area contributed by atoms with E-state index in [9.17, 15) is 22.4 Å². The van der Waals surface area contributed by atoms with Crippen LogP contribution in [0.5, 0.6) is 5.75 Å². The SMILES string of the molecule is CNC(OC(=O)/C=C/C(=O)O)c1cc(-c2c(F)cccc2OC)n(S(=O)(=O)c2cccnc2)c1. The third-order valence-electron chi connectivity index (χ3n) is 4.61. The van der Waals surface area contributed by atoms with Gasteiger partial charge < -0.3 is 14.6 Å². The van der Waals surface area contributed by atoms with Crippen LogP contribution in [-0.4, -0.2) is 48.6 Å². The van der Waals surface area contributed by atoms with Crippen molar-refractivity contribution in [2.24, 2.45) is 0 Å². The molecule has 2 N–H and O–H groups in total. The average Bonchev–Trinajstić information content (AvgIpc) is 3.27. The Balaban J connectivity index is 2.19. The predicted molar refractivity (Wildman–Crippen MR) is 118 cm³/mol. The molecular weight excluding hydrogens is 469 g/mol. The lowest BCUT2D eigenvalue weighted by atomic mass is 10.1. The summed E-state index contributed by atoms with van der Waals surface area (Å²) in [6.07, 6.45) is 3.83. The third kappa shape index (κ3) is 5.13. The number of methoxy groups -OCH3 is 1. The predicted octanol–water partition coefficient (Wildman–Crippen LogP) is 2.34. The zero-order chi connectivity index (χ0) is 24.9. The summed E-state index contributed by atoms with van der Waals surface area (Å²) in [7, 11) is -1.50. The van der Waals surface area contributed by atoms with Gasteiger partial charge in [-0.2, -0.15) is 0 Å². The molecule has 1 aromatic carbocycles. The largest absolute Gasteiger partial charge is 0.496 e. The highest BCUT2D eigenvalue weighted by Gasteiger charge is 2.28. The van der Waals surface area contributed by atoms with E-state index in [1.165, 1.54) is 56.9 Å². The number of carboxylic acids is 1. The van der Waals surface area contributed by atoms with Gasteiger partial charge in [-0.05, 0) is 37.4 Å². The van der Waals surface area contributed by atoms with Gasteiger partial charge in [0, 0.05) is 36.3 Å². The second-order valence-corrected chi connectivity index (χ2v) is 8.56. The van der Waals surface area contributed by atoms with Crippen LogP contribution in [0.25, 0.3) is 11.3 Å². The van der Waals surface area contributed by atoms with Crippen molar-refractivity contribution in [3.63, 3.8) is 0 Å². The van der Waals surface area contributed by atoms with Crippen molar-refractivity contribution in [1.29, 1.82) is 0 Å². The molecule has 34 heavy (non-hydrogen) atoms. The standard InChI is InChI=1S/C22H20FN3O7S/c1-24-22(33-20(29)9-8-19(27)28)14-11-17(21-16(23)6-3-7-18(21)32-2)26(13-14)34(30,31)15-5-4-10-25-12-15/h3-13,22,24H,1-2H3,(H,27,28)/b9-8+. The van der Waals surface area contributed by atoms with Gasteiger partial charge in [-0.25, -0.2) is 26.4 Å². The van der Waals surface area contributed by atoms with Crippen molar-refractivity contribution in [3.05, 3.63) is 78.5 Å². The smallest absolute Gasteiger partial charge is 0.332 e. The Labute approximate surface area is 194 Å². The fourth-order valence-corrected chi connectivity index (χ4v) is 4.45. The molecule has 0 saturated carbocycles. The summed E-state index contributed by atoms with van der Waals surface area (Å²) in [5.74, 6) is -3.00. The molecule has 178 valence electrons. The highest BCUT2D eigenvalue weighted by Crippen LogP contribution is 2.37. The Morgan fingerprint density at radius 1 is 1.24 bits per heavy atom. The van der Waals surface area contributed by atoms with E-state index < -0.39 is 34.0 Å². The number of carboxylic acid groups (broad SMARTS) is 1. The first-order valence-electron chi connectivity index (χ1n) is 9.68. The van der Waals surface area contributed by atoms with Crippen molar-refractivity contribution in [3.8, 4) is 17.0 Å². The van der Waals surface area contributed by atoms with Crippen molar-refractivity contribution in [2.75, 3.05) is 14.2 Å². The molecule has 0 saturated heterocycles. The number of nitrogens with one attached hydrogen (secondary N) is 1. The van der Waals surface area contributed by atoms with E-state index in [0.717, 1.165) is 16.2 Å². The number of rotatable bonds is 9. The number of nitrogens with zero attached hydrogens (tertiary/aromatic N) is 2. The summed E-state index contributed by atoms with van der Waals surface area (Å²) in [5.41, 5.74) is -0.0748. The van der Waals surface area contributed by atoms with E-state index in [4.69, 9.17) is 14.6 Å². The molecule has 3 rings (SSSR count). The van der Waals surface area contributed by atoms with Crippen LogP contribution in [0.2, 0.25) is 0 Å². The Morgan fingerprint density at radius 3 is 2.62 bits per heavy atom. The zero-order valence-electron chi connectivity index (χ0n) is 18.0. The quantitative estimate of drug-likeness (QED) is 0.264. The molecule has 0 amide bonds. The van der Waals surface area contributed by atoms with Crippen LogP contribution in [0.3, 0.4) is 0 Å². The van der Waals surface area contributed by atoms with Crippen molar-refractivity contribution in [1.82, 2.24) is 14.3 Å². The zero-order valence-corrected chi connectivity index (χ0v) is 18.8. The van der Waals surface area contributed by atoms with Gasteiger partial charge in [0.25, 0.3) is 10.0 Å². The summed E-state index contributed by atoms with van der Waals surface area (Å²) in [4.78, 5) is 26.3. The molecule has 0 aliphatic heterocycles. The minimum Gasteiger partial charge on any atom is -0.496 e. The molecule has 12 heteroatoms. The summed E-state index contributed by atoms with van der Waals surface area (Å²) >= 11 is 0. The fraction of sp³-hybridized carbons (Fsp3) is 0.136. The third-order valence-corrected chi connectivity index (χ3v) is 6.27. The maximum Gasteiger partial charge on any atom is 0.332 e. The Hall–Kier alpha value is -4.03. The van der Waals surface area contributed by atoms with Crippen LogP contribution in [0.4, 0.5) is 4.39 Å². The number of esters is 1. The van der Waals surface area contributed by atoms with Crippen molar-refractivity contribution >= 4 is 22.0 Å².